The van der Waals surface area contributed by atoms with Gasteiger partial charge in [-0.05, 0) is 45.1 Å². The Morgan fingerprint density at radius 3 is 2.75 bits per heavy atom. The lowest BCUT2D eigenvalue weighted by atomic mass is 9.77. The molecule has 2 heterocycles. The first-order chi connectivity index (χ1) is 11.4. The lowest BCUT2D eigenvalue weighted by Gasteiger charge is -2.40. The Bertz CT molecular complexity index is 579. The summed E-state index contributed by atoms with van der Waals surface area (Å²) < 4.78 is 5.06. The molecule has 0 spiro atoms. The van der Waals surface area contributed by atoms with Gasteiger partial charge >= 0.3 is 5.97 Å². The van der Waals surface area contributed by atoms with E-state index in [0.717, 1.165) is 17.0 Å². The summed E-state index contributed by atoms with van der Waals surface area (Å²) >= 11 is 0. The molecular weight excluding hydrogens is 310 g/mol. The molecule has 1 aromatic heterocycles. The average Bonchev–Trinajstić information content (AvgIpc) is 2.89. The Morgan fingerprint density at radius 1 is 1.42 bits per heavy atom. The molecule has 1 amide bonds. The van der Waals surface area contributed by atoms with Crippen LogP contribution in [0, 0.1) is 19.3 Å². The van der Waals surface area contributed by atoms with Crippen molar-refractivity contribution in [2.75, 3.05) is 26.8 Å². The van der Waals surface area contributed by atoms with Crippen LogP contribution in [0.25, 0.3) is 0 Å². The number of hydrogen-bond donors (Lipinski definition) is 2. The minimum Gasteiger partial charge on any atom is -0.481 e. The van der Waals surface area contributed by atoms with Crippen molar-refractivity contribution >= 4 is 11.9 Å². The van der Waals surface area contributed by atoms with Gasteiger partial charge in [-0.25, -0.2) is 0 Å². The number of H-pyrrole nitrogens is 1. The Kier molecular flexibility index (Phi) is 5.99. The zero-order valence-corrected chi connectivity index (χ0v) is 14.7. The van der Waals surface area contributed by atoms with E-state index in [1.54, 1.807) is 12.0 Å². The molecule has 0 aliphatic carbocycles. The number of rotatable bonds is 7. The summed E-state index contributed by atoms with van der Waals surface area (Å²) in [7, 11) is 1.57. The summed E-state index contributed by atoms with van der Waals surface area (Å²) in [6, 6.07) is 0. The molecule has 2 rings (SSSR count). The first kappa shape index (κ1) is 18.4. The van der Waals surface area contributed by atoms with Gasteiger partial charge in [0, 0.05) is 38.9 Å². The molecule has 1 fully saturated rings. The summed E-state index contributed by atoms with van der Waals surface area (Å²) in [6.45, 7) is 5.16. The number of carbonyl (C=O) groups excluding carboxylic acids is 1. The van der Waals surface area contributed by atoms with Crippen molar-refractivity contribution in [2.45, 2.75) is 46.0 Å². The van der Waals surface area contributed by atoms with Crippen molar-refractivity contribution in [3.8, 4) is 0 Å². The Labute approximate surface area is 142 Å². The SMILES string of the molecule is COCC[C@]1(C(=O)O)CCCN(C(=O)CCc2c(C)n[nH]c2C)C1. The van der Waals surface area contributed by atoms with Gasteiger partial charge < -0.3 is 14.7 Å². The first-order valence-corrected chi connectivity index (χ1v) is 8.40. The highest BCUT2D eigenvalue weighted by Crippen LogP contribution is 2.34. The number of aromatic amines is 1. The third-order valence-corrected chi connectivity index (χ3v) is 5.04. The second kappa shape index (κ2) is 7.79. The minimum absolute atomic E-state index is 0.0118. The van der Waals surface area contributed by atoms with Crippen LogP contribution in [0.1, 0.15) is 42.6 Å². The van der Waals surface area contributed by atoms with E-state index < -0.39 is 11.4 Å². The number of piperidine rings is 1. The zero-order valence-electron chi connectivity index (χ0n) is 14.7. The van der Waals surface area contributed by atoms with Gasteiger partial charge in [0.15, 0.2) is 0 Å². The lowest BCUT2D eigenvalue weighted by Crippen LogP contribution is -2.50. The van der Waals surface area contributed by atoms with Crippen LogP contribution in [-0.2, 0) is 20.7 Å². The van der Waals surface area contributed by atoms with Crippen LogP contribution in [-0.4, -0.2) is 58.9 Å². The number of likely N-dealkylation sites (tertiary alicyclic amines) is 1. The number of aromatic nitrogens is 2. The zero-order chi connectivity index (χ0) is 17.7. The van der Waals surface area contributed by atoms with Crippen LogP contribution in [0.15, 0.2) is 0 Å². The van der Waals surface area contributed by atoms with E-state index in [0.29, 0.717) is 45.3 Å². The quantitative estimate of drug-likeness (QED) is 0.789. The molecule has 1 aromatic rings. The van der Waals surface area contributed by atoms with Crippen LogP contribution in [0.2, 0.25) is 0 Å². The van der Waals surface area contributed by atoms with Crippen LogP contribution in [0.4, 0.5) is 0 Å². The van der Waals surface area contributed by atoms with Gasteiger partial charge in [-0.1, -0.05) is 0 Å². The maximum atomic E-state index is 12.6. The Morgan fingerprint density at radius 2 is 2.17 bits per heavy atom. The van der Waals surface area contributed by atoms with Gasteiger partial charge in [0.1, 0.15) is 0 Å². The third-order valence-electron chi connectivity index (χ3n) is 5.04. The summed E-state index contributed by atoms with van der Waals surface area (Å²) in [5.74, 6) is -0.823. The van der Waals surface area contributed by atoms with Crippen molar-refractivity contribution in [2.24, 2.45) is 5.41 Å². The average molecular weight is 337 g/mol. The smallest absolute Gasteiger partial charge is 0.311 e. The normalized spacial score (nSPS) is 21.0. The predicted molar refractivity (Wildman–Crippen MR) is 88.8 cm³/mol. The Hall–Kier alpha value is -1.89. The third kappa shape index (κ3) is 3.95. The number of nitrogens with one attached hydrogen (secondary N) is 1. The van der Waals surface area contributed by atoms with Crippen LogP contribution < -0.4 is 0 Å². The molecule has 0 unspecified atom stereocenters. The number of methoxy groups -OCH3 is 1. The molecule has 0 bridgehead atoms. The molecule has 7 nitrogen and oxygen atoms in total. The van der Waals surface area contributed by atoms with Crippen LogP contribution in [0.3, 0.4) is 0 Å². The molecular formula is C17H27N3O4. The summed E-state index contributed by atoms with van der Waals surface area (Å²) in [6.07, 6.45) is 2.74. The molecule has 1 aliphatic heterocycles. The molecule has 2 N–H and O–H groups in total. The van der Waals surface area contributed by atoms with Gasteiger partial charge in [-0.15, -0.1) is 0 Å². The molecule has 134 valence electrons. The van der Waals surface area contributed by atoms with E-state index >= 15 is 0 Å². The van der Waals surface area contributed by atoms with Gasteiger partial charge in [0.25, 0.3) is 0 Å². The number of carbonyl (C=O) groups is 2. The lowest BCUT2D eigenvalue weighted by molar-refractivity contribution is -0.156. The van der Waals surface area contributed by atoms with Crippen LogP contribution in [0.5, 0.6) is 0 Å². The standard InChI is InChI=1S/C17H27N3O4/c1-12-14(13(2)19-18-12)5-6-15(21)20-9-4-7-17(11-20,16(22)23)8-10-24-3/h4-11H2,1-3H3,(H,18,19)(H,22,23)/t17-/m1/s1. The van der Waals surface area contributed by atoms with Gasteiger partial charge in [-0.3, -0.25) is 14.7 Å². The highest BCUT2D eigenvalue weighted by atomic mass is 16.5. The minimum atomic E-state index is -0.884. The van der Waals surface area contributed by atoms with Gasteiger partial charge in [0.05, 0.1) is 11.1 Å². The van der Waals surface area contributed by atoms with E-state index in [1.165, 1.54) is 0 Å². The fraction of sp³-hybridized carbons (Fsp3) is 0.706. The van der Waals surface area contributed by atoms with E-state index in [9.17, 15) is 14.7 Å². The monoisotopic (exact) mass is 337 g/mol. The van der Waals surface area contributed by atoms with Gasteiger partial charge in [0.2, 0.25) is 5.91 Å². The highest BCUT2D eigenvalue weighted by Gasteiger charge is 2.43. The molecule has 1 aliphatic rings. The van der Waals surface area contributed by atoms with E-state index in [1.807, 2.05) is 13.8 Å². The molecule has 1 saturated heterocycles. The predicted octanol–water partition coefficient (Wildman–Crippen LogP) is 1.69. The molecule has 0 radical (unpaired) electrons. The maximum absolute atomic E-state index is 12.6. The van der Waals surface area contributed by atoms with Gasteiger partial charge in [-0.2, -0.15) is 5.10 Å². The second-order valence-electron chi connectivity index (χ2n) is 6.66. The van der Waals surface area contributed by atoms with Crippen molar-refractivity contribution in [3.05, 3.63) is 17.0 Å². The van der Waals surface area contributed by atoms with E-state index in [-0.39, 0.29) is 12.5 Å². The van der Waals surface area contributed by atoms with Crippen molar-refractivity contribution in [1.82, 2.24) is 15.1 Å². The number of nitrogens with zero attached hydrogens (tertiary/aromatic N) is 2. The number of ether oxygens (including phenoxy) is 1. The number of aryl methyl sites for hydroxylation is 2. The molecule has 0 saturated carbocycles. The van der Waals surface area contributed by atoms with Crippen LogP contribution >= 0.6 is 0 Å². The molecule has 1 atom stereocenters. The summed E-state index contributed by atoms with van der Waals surface area (Å²) in [4.78, 5) is 26.1. The van der Waals surface area contributed by atoms with Crippen molar-refractivity contribution in [3.63, 3.8) is 0 Å². The summed E-state index contributed by atoms with van der Waals surface area (Å²) in [5, 5.41) is 16.7. The number of hydrogen-bond acceptors (Lipinski definition) is 4. The second-order valence-corrected chi connectivity index (χ2v) is 6.66. The number of amides is 1. The van der Waals surface area contributed by atoms with E-state index in [4.69, 9.17) is 4.74 Å². The molecule has 0 aromatic carbocycles. The van der Waals surface area contributed by atoms with Crippen molar-refractivity contribution < 1.29 is 19.4 Å². The topological polar surface area (TPSA) is 95.5 Å². The van der Waals surface area contributed by atoms with E-state index in [2.05, 4.69) is 10.2 Å². The number of carboxylic acid groups (broad SMARTS) is 1. The first-order valence-electron chi connectivity index (χ1n) is 8.40. The largest absolute Gasteiger partial charge is 0.481 e. The fourth-order valence-electron chi connectivity index (χ4n) is 3.46. The molecule has 7 heteroatoms. The maximum Gasteiger partial charge on any atom is 0.311 e. The Balaban J connectivity index is 2.00. The van der Waals surface area contributed by atoms with Crippen molar-refractivity contribution in [1.29, 1.82) is 0 Å². The molecule has 24 heavy (non-hydrogen) atoms. The summed E-state index contributed by atoms with van der Waals surface area (Å²) in [5.41, 5.74) is 2.09. The number of aliphatic carboxylic acids is 1. The fourth-order valence-corrected chi connectivity index (χ4v) is 3.46. The highest BCUT2D eigenvalue weighted by molar-refractivity contribution is 5.80. The number of carboxylic acids is 1.